The van der Waals surface area contributed by atoms with Gasteiger partial charge in [-0.1, -0.05) is 38.3 Å². The van der Waals surface area contributed by atoms with Crippen LogP contribution in [0.1, 0.15) is 45.1 Å². The minimum atomic E-state index is -0.103. The van der Waals surface area contributed by atoms with E-state index in [1.54, 1.807) is 6.20 Å². The Labute approximate surface area is 90.1 Å². The summed E-state index contributed by atoms with van der Waals surface area (Å²) in [6.45, 7) is 4.48. The number of H-pyrrole nitrogens is 1. The van der Waals surface area contributed by atoms with Crippen LogP contribution >= 0.6 is 0 Å². The molecule has 0 spiro atoms. The van der Waals surface area contributed by atoms with Gasteiger partial charge in [0.15, 0.2) is 0 Å². The van der Waals surface area contributed by atoms with Crippen molar-refractivity contribution in [1.82, 2.24) is 15.4 Å². The first-order chi connectivity index (χ1) is 7.24. The number of unbranched alkanes of at least 4 members (excludes halogenated alkanes) is 1. The molecule has 1 aromatic heterocycles. The summed E-state index contributed by atoms with van der Waals surface area (Å²) < 4.78 is 0. The molecule has 84 valence electrons. The molecule has 0 saturated heterocycles. The average Bonchev–Trinajstić information content (AvgIpc) is 2.26. The van der Waals surface area contributed by atoms with Crippen molar-refractivity contribution in [3.63, 3.8) is 0 Å². The summed E-state index contributed by atoms with van der Waals surface area (Å²) in [5.74, 6) is 0.791. The number of rotatable bonds is 6. The summed E-state index contributed by atoms with van der Waals surface area (Å²) in [5, 5.41) is 9.44. The van der Waals surface area contributed by atoms with Crippen LogP contribution in [0, 0.1) is 5.92 Å². The lowest BCUT2D eigenvalue weighted by Gasteiger charge is -2.06. The fourth-order valence-corrected chi connectivity index (χ4v) is 1.49. The van der Waals surface area contributed by atoms with Gasteiger partial charge in [-0.3, -0.25) is 4.79 Å². The van der Waals surface area contributed by atoms with Crippen molar-refractivity contribution in [2.45, 2.75) is 46.0 Å². The largest absolute Gasteiger partial charge is 0.270 e. The fraction of sp³-hybridized carbons (Fsp3) is 0.727. The molecule has 0 amide bonds. The molecule has 0 aliphatic heterocycles. The van der Waals surface area contributed by atoms with E-state index < -0.39 is 0 Å². The number of aromatic amines is 1. The molecule has 1 aromatic rings. The van der Waals surface area contributed by atoms with Gasteiger partial charge in [0.1, 0.15) is 0 Å². The molecule has 1 rings (SSSR count). The maximum Gasteiger partial charge on any atom is 0.270 e. The van der Waals surface area contributed by atoms with E-state index in [2.05, 4.69) is 29.3 Å². The molecular weight excluding hydrogens is 190 g/mol. The SMILES string of the molecule is CCC(C)CCCCc1cnn[nH]c1=O. The molecule has 0 saturated carbocycles. The first kappa shape index (κ1) is 11.9. The van der Waals surface area contributed by atoms with Crippen LogP contribution in [-0.2, 0) is 6.42 Å². The standard InChI is InChI=1S/C11H19N3O/c1-3-9(2)6-4-5-7-10-8-12-14-13-11(10)15/h8-9H,3-7H2,1-2H3,(H,12,13,15). The molecule has 0 fully saturated rings. The van der Waals surface area contributed by atoms with E-state index in [9.17, 15) is 4.79 Å². The van der Waals surface area contributed by atoms with Gasteiger partial charge in [0, 0.05) is 5.56 Å². The van der Waals surface area contributed by atoms with Gasteiger partial charge in [-0.2, -0.15) is 0 Å². The summed E-state index contributed by atoms with van der Waals surface area (Å²) in [6.07, 6.45) is 7.07. The van der Waals surface area contributed by atoms with E-state index in [4.69, 9.17) is 0 Å². The summed E-state index contributed by atoms with van der Waals surface area (Å²) in [4.78, 5) is 11.2. The minimum absolute atomic E-state index is 0.103. The van der Waals surface area contributed by atoms with E-state index in [0.29, 0.717) is 0 Å². The van der Waals surface area contributed by atoms with E-state index in [-0.39, 0.29) is 5.56 Å². The molecule has 1 N–H and O–H groups in total. The normalized spacial score (nSPS) is 12.7. The van der Waals surface area contributed by atoms with Crippen molar-refractivity contribution in [3.05, 3.63) is 22.1 Å². The number of nitrogens with zero attached hydrogens (tertiary/aromatic N) is 2. The maximum atomic E-state index is 11.2. The zero-order valence-corrected chi connectivity index (χ0v) is 9.49. The fourth-order valence-electron chi connectivity index (χ4n) is 1.49. The molecular formula is C11H19N3O. The maximum absolute atomic E-state index is 11.2. The Hall–Kier alpha value is -1.19. The summed E-state index contributed by atoms with van der Waals surface area (Å²) in [6, 6.07) is 0. The highest BCUT2D eigenvalue weighted by molar-refractivity contribution is 5.01. The predicted octanol–water partition coefficient (Wildman–Crippen LogP) is 1.92. The number of hydrogen-bond donors (Lipinski definition) is 1. The monoisotopic (exact) mass is 209 g/mol. The van der Waals surface area contributed by atoms with Gasteiger partial charge >= 0.3 is 0 Å². The quantitative estimate of drug-likeness (QED) is 0.728. The van der Waals surface area contributed by atoms with Crippen molar-refractivity contribution in [2.24, 2.45) is 5.92 Å². The third-order valence-electron chi connectivity index (χ3n) is 2.80. The van der Waals surface area contributed by atoms with Gasteiger partial charge in [-0.15, -0.1) is 5.10 Å². The molecule has 1 heterocycles. The molecule has 0 radical (unpaired) electrons. The molecule has 4 heteroatoms. The Morgan fingerprint density at radius 3 is 2.93 bits per heavy atom. The second kappa shape index (κ2) is 6.32. The van der Waals surface area contributed by atoms with E-state index in [1.807, 2.05) is 0 Å². The summed E-state index contributed by atoms with van der Waals surface area (Å²) >= 11 is 0. The highest BCUT2D eigenvalue weighted by Gasteiger charge is 2.01. The predicted molar refractivity (Wildman–Crippen MR) is 59.7 cm³/mol. The van der Waals surface area contributed by atoms with Crippen molar-refractivity contribution < 1.29 is 0 Å². The molecule has 1 atom stereocenters. The Kier molecular flexibility index (Phi) is 5.01. The minimum Gasteiger partial charge on any atom is -0.268 e. The first-order valence-corrected chi connectivity index (χ1v) is 5.63. The van der Waals surface area contributed by atoms with Crippen LogP contribution in [0.15, 0.2) is 11.0 Å². The van der Waals surface area contributed by atoms with Crippen LogP contribution in [0.2, 0.25) is 0 Å². The average molecular weight is 209 g/mol. The summed E-state index contributed by atoms with van der Waals surface area (Å²) in [7, 11) is 0. The Morgan fingerprint density at radius 1 is 1.47 bits per heavy atom. The zero-order valence-electron chi connectivity index (χ0n) is 9.49. The summed E-state index contributed by atoms with van der Waals surface area (Å²) in [5.41, 5.74) is 0.641. The van der Waals surface area contributed by atoms with Crippen molar-refractivity contribution >= 4 is 0 Å². The van der Waals surface area contributed by atoms with E-state index in [0.717, 1.165) is 24.3 Å². The Balaban J connectivity index is 2.26. The topological polar surface area (TPSA) is 58.6 Å². The number of aromatic nitrogens is 3. The van der Waals surface area contributed by atoms with Crippen LogP contribution < -0.4 is 5.56 Å². The van der Waals surface area contributed by atoms with Gasteiger partial charge < -0.3 is 0 Å². The second-order valence-corrected chi connectivity index (χ2v) is 4.07. The molecule has 1 unspecified atom stereocenters. The van der Waals surface area contributed by atoms with Crippen molar-refractivity contribution in [2.75, 3.05) is 0 Å². The smallest absolute Gasteiger partial charge is 0.268 e. The van der Waals surface area contributed by atoms with Gasteiger partial charge in [-0.05, 0) is 18.8 Å². The first-order valence-electron chi connectivity index (χ1n) is 5.63. The van der Waals surface area contributed by atoms with Crippen LogP contribution in [-0.4, -0.2) is 15.4 Å². The second-order valence-electron chi connectivity index (χ2n) is 4.07. The van der Waals surface area contributed by atoms with Gasteiger partial charge in [-0.25, -0.2) is 5.10 Å². The molecule has 0 aromatic carbocycles. The molecule has 15 heavy (non-hydrogen) atoms. The zero-order chi connectivity index (χ0) is 11.1. The lowest BCUT2D eigenvalue weighted by atomic mass is 10.00. The lowest BCUT2D eigenvalue weighted by Crippen LogP contribution is -2.14. The van der Waals surface area contributed by atoms with E-state index >= 15 is 0 Å². The van der Waals surface area contributed by atoms with Crippen molar-refractivity contribution in [1.29, 1.82) is 0 Å². The van der Waals surface area contributed by atoms with Crippen LogP contribution in [0.25, 0.3) is 0 Å². The molecule has 0 bridgehead atoms. The Bertz CT molecular complexity index is 335. The number of hydrogen-bond acceptors (Lipinski definition) is 3. The highest BCUT2D eigenvalue weighted by Crippen LogP contribution is 2.11. The molecule has 4 nitrogen and oxygen atoms in total. The van der Waals surface area contributed by atoms with Crippen LogP contribution in [0.3, 0.4) is 0 Å². The van der Waals surface area contributed by atoms with Gasteiger partial charge in [0.05, 0.1) is 6.20 Å². The molecule has 0 aliphatic carbocycles. The van der Waals surface area contributed by atoms with Crippen LogP contribution in [0.4, 0.5) is 0 Å². The molecule has 0 aliphatic rings. The van der Waals surface area contributed by atoms with Crippen molar-refractivity contribution in [3.8, 4) is 0 Å². The third kappa shape index (κ3) is 4.23. The Morgan fingerprint density at radius 2 is 2.27 bits per heavy atom. The third-order valence-corrected chi connectivity index (χ3v) is 2.80. The lowest BCUT2D eigenvalue weighted by molar-refractivity contribution is 0.484. The van der Waals surface area contributed by atoms with Crippen LogP contribution in [0.5, 0.6) is 0 Å². The van der Waals surface area contributed by atoms with Gasteiger partial charge in [0.2, 0.25) is 0 Å². The van der Waals surface area contributed by atoms with E-state index in [1.165, 1.54) is 19.3 Å². The number of nitrogens with one attached hydrogen (secondary N) is 1. The van der Waals surface area contributed by atoms with Gasteiger partial charge in [0.25, 0.3) is 5.56 Å². The number of aryl methyl sites for hydroxylation is 1. The highest BCUT2D eigenvalue weighted by atomic mass is 16.1.